The number of benzene rings is 2. The number of aromatic hydroxyl groups is 1. The molecule has 1 N–H and O–H groups in total. The van der Waals surface area contributed by atoms with E-state index in [0.29, 0.717) is 0 Å². The third kappa shape index (κ3) is 2.45. The summed E-state index contributed by atoms with van der Waals surface area (Å²) in [5.74, 6) is 0.254. The first-order valence-corrected chi connectivity index (χ1v) is 6.00. The molecule has 0 radical (unpaired) electrons. The van der Waals surface area contributed by atoms with Crippen LogP contribution in [0.1, 0.15) is 5.56 Å². The molecule has 3 rings (SSSR count). The fraction of sp³-hybridized carbons (Fsp3) is 0. The highest BCUT2D eigenvalue weighted by Gasteiger charge is 1.98. The Labute approximate surface area is 110 Å². The smallest absolute Gasteiger partial charge is 0.115 e. The van der Waals surface area contributed by atoms with Gasteiger partial charge in [-0.15, -0.1) is 0 Å². The third-order valence-electron chi connectivity index (χ3n) is 2.86. The van der Waals surface area contributed by atoms with Crippen molar-refractivity contribution in [3.05, 3.63) is 66.4 Å². The molecule has 0 saturated heterocycles. The number of nitrogens with zero attached hydrogens (tertiary/aromatic N) is 2. The number of aliphatic imine (C=N–C) groups is 1. The Morgan fingerprint density at radius 3 is 2.58 bits per heavy atom. The van der Waals surface area contributed by atoms with E-state index in [2.05, 4.69) is 9.98 Å². The first-order valence-electron chi connectivity index (χ1n) is 6.00. The molecule has 1 heterocycles. The molecule has 19 heavy (non-hydrogen) atoms. The van der Waals surface area contributed by atoms with Gasteiger partial charge < -0.3 is 5.11 Å². The molecule has 0 unspecified atom stereocenters. The molecule has 2 aromatic carbocycles. The van der Waals surface area contributed by atoms with Crippen molar-refractivity contribution in [2.24, 2.45) is 4.99 Å². The standard InChI is InChI=1S/C16H12N2O/c19-14-8-6-12(7-9-14)11-18-15-5-1-3-13-4-2-10-17-16(13)15/h1-11,19H. The maximum Gasteiger partial charge on any atom is 0.115 e. The summed E-state index contributed by atoms with van der Waals surface area (Å²) in [6, 6.07) is 16.8. The van der Waals surface area contributed by atoms with E-state index in [0.717, 1.165) is 22.2 Å². The summed E-state index contributed by atoms with van der Waals surface area (Å²) < 4.78 is 0. The Morgan fingerprint density at radius 1 is 0.947 bits per heavy atom. The van der Waals surface area contributed by atoms with E-state index in [1.807, 2.05) is 42.5 Å². The van der Waals surface area contributed by atoms with E-state index >= 15 is 0 Å². The van der Waals surface area contributed by atoms with E-state index < -0.39 is 0 Å². The SMILES string of the molecule is Oc1ccc(C=Nc2cccc3cccnc23)cc1. The van der Waals surface area contributed by atoms with Crippen molar-refractivity contribution in [1.82, 2.24) is 4.98 Å². The Kier molecular flexibility index (Phi) is 2.94. The number of phenols is 1. The van der Waals surface area contributed by atoms with Gasteiger partial charge >= 0.3 is 0 Å². The summed E-state index contributed by atoms with van der Waals surface area (Å²) >= 11 is 0. The molecule has 1 aromatic heterocycles. The van der Waals surface area contributed by atoms with Crippen molar-refractivity contribution in [3.8, 4) is 5.75 Å². The average Bonchev–Trinajstić information content (AvgIpc) is 2.47. The first-order chi connectivity index (χ1) is 9.33. The molecule has 0 bridgehead atoms. The van der Waals surface area contributed by atoms with E-state index in [4.69, 9.17) is 0 Å². The minimum absolute atomic E-state index is 0.254. The van der Waals surface area contributed by atoms with Gasteiger partial charge in [0.15, 0.2) is 0 Å². The van der Waals surface area contributed by atoms with Gasteiger partial charge in [-0.25, -0.2) is 0 Å². The molecule has 92 valence electrons. The molecule has 0 aliphatic rings. The van der Waals surface area contributed by atoms with Crippen LogP contribution in [0, 0.1) is 0 Å². The predicted molar refractivity (Wildman–Crippen MR) is 77.1 cm³/mol. The molecular weight excluding hydrogens is 236 g/mol. The van der Waals surface area contributed by atoms with Crippen molar-refractivity contribution in [3.63, 3.8) is 0 Å². The lowest BCUT2D eigenvalue weighted by Gasteiger charge is -2.00. The fourth-order valence-electron chi connectivity index (χ4n) is 1.90. The number of rotatable bonds is 2. The van der Waals surface area contributed by atoms with E-state index in [-0.39, 0.29) is 5.75 Å². The molecule has 3 heteroatoms. The zero-order valence-electron chi connectivity index (χ0n) is 10.2. The van der Waals surface area contributed by atoms with Crippen molar-refractivity contribution in [1.29, 1.82) is 0 Å². The lowest BCUT2D eigenvalue weighted by Crippen LogP contribution is -1.81. The van der Waals surface area contributed by atoms with Crippen molar-refractivity contribution in [2.75, 3.05) is 0 Å². The van der Waals surface area contributed by atoms with Crippen LogP contribution in [-0.4, -0.2) is 16.3 Å². The Balaban J connectivity index is 1.99. The highest BCUT2D eigenvalue weighted by molar-refractivity contribution is 5.92. The van der Waals surface area contributed by atoms with Crippen LogP contribution >= 0.6 is 0 Å². The van der Waals surface area contributed by atoms with Gasteiger partial charge in [0, 0.05) is 17.8 Å². The lowest BCUT2D eigenvalue weighted by atomic mass is 10.2. The van der Waals surface area contributed by atoms with Crippen LogP contribution in [-0.2, 0) is 0 Å². The molecule has 0 atom stereocenters. The third-order valence-corrected chi connectivity index (χ3v) is 2.86. The number of phenolic OH excluding ortho intramolecular Hbond substituents is 1. The largest absolute Gasteiger partial charge is 0.508 e. The Bertz CT molecular complexity index is 728. The van der Waals surface area contributed by atoms with E-state index in [9.17, 15) is 5.11 Å². The van der Waals surface area contributed by atoms with Gasteiger partial charge in [-0.2, -0.15) is 0 Å². The second-order valence-electron chi connectivity index (χ2n) is 4.20. The topological polar surface area (TPSA) is 45.5 Å². The maximum absolute atomic E-state index is 9.23. The van der Waals surface area contributed by atoms with Gasteiger partial charge in [0.1, 0.15) is 5.75 Å². The van der Waals surface area contributed by atoms with Crippen LogP contribution in [0.3, 0.4) is 0 Å². The second-order valence-corrected chi connectivity index (χ2v) is 4.20. The molecule has 0 fully saturated rings. The quantitative estimate of drug-likeness (QED) is 0.703. The fourth-order valence-corrected chi connectivity index (χ4v) is 1.90. The Morgan fingerprint density at radius 2 is 1.74 bits per heavy atom. The number of fused-ring (bicyclic) bond motifs is 1. The number of hydrogen-bond donors (Lipinski definition) is 1. The van der Waals surface area contributed by atoms with Gasteiger partial charge in [0.25, 0.3) is 0 Å². The average molecular weight is 248 g/mol. The molecule has 0 saturated carbocycles. The summed E-state index contributed by atoms with van der Waals surface area (Å²) in [6.45, 7) is 0. The van der Waals surface area contributed by atoms with Crippen molar-refractivity contribution >= 4 is 22.8 Å². The number of para-hydroxylation sites is 1. The predicted octanol–water partition coefficient (Wildman–Crippen LogP) is 3.69. The molecule has 0 aliphatic carbocycles. The minimum Gasteiger partial charge on any atom is -0.508 e. The molecule has 3 nitrogen and oxygen atoms in total. The van der Waals surface area contributed by atoms with Crippen LogP contribution in [0.2, 0.25) is 0 Å². The van der Waals surface area contributed by atoms with Gasteiger partial charge in [-0.1, -0.05) is 18.2 Å². The van der Waals surface area contributed by atoms with Crippen LogP contribution in [0.25, 0.3) is 10.9 Å². The highest BCUT2D eigenvalue weighted by atomic mass is 16.3. The van der Waals surface area contributed by atoms with Crippen LogP contribution in [0.4, 0.5) is 5.69 Å². The van der Waals surface area contributed by atoms with E-state index in [1.54, 1.807) is 24.5 Å². The van der Waals surface area contributed by atoms with Crippen LogP contribution in [0.15, 0.2) is 65.8 Å². The van der Waals surface area contributed by atoms with Crippen LogP contribution < -0.4 is 0 Å². The zero-order chi connectivity index (χ0) is 13.1. The lowest BCUT2D eigenvalue weighted by molar-refractivity contribution is 0.475. The van der Waals surface area contributed by atoms with Gasteiger partial charge in [0.05, 0.1) is 11.2 Å². The summed E-state index contributed by atoms with van der Waals surface area (Å²) in [5.41, 5.74) is 2.66. The number of aromatic nitrogens is 1. The monoisotopic (exact) mass is 248 g/mol. The summed E-state index contributed by atoms with van der Waals surface area (Å²) in [5, 5.41) is 10.3. The van der Waals surface area contributed by atoms with Crippen molar-refractivity contribution < 1.29 is 5.11 Å². The molecular formula is C16H12N2O. The minimum atomic E-state index is 0.254. The summed E-state index contributed by atoms with van der Waals surface area (Å²) in [7, 11) is 0. The molecule has 0 spiro atoms. The maximum atomic E-state index is 9.23. The Hall–Kier alpha value is -2.68. The highest BCUT2D eigenvalue weighted by Crippen LogP contribution is 2.23. The van der Waals surface area contributed by atoms with Gasteiger partial charge in [0.2, 0.25) is 0 Å². The van der Waals surface area contributed by atoms with Crippen LogP contribution in [0.5, 0.6) is 5.75 Å². The second kappa shape index (κ2) is 4.90. The van der Waals surface area contributed by atoms with Gasteiger partial charge in [-0.3, -0.25) is 9.98 Å². The van der Waals surface area contributed by atoms with E-state index in [1.165, 1.54) is 0 Å². The molecule has 0 aliphatic heterocycles. The number of pyridine rings is 1. The molecule has 0 amide bonds. The first kappa shape index (κ1) is 11.4. The normalized spacial score (nSPS) is 11.2. The zero-order valence-corrected chi connectivity index (χ0v) is 10.2. The number of hydrogen-bond acceptors (Lipinski definition) is 3. The molecule has 3 aromatic rings. The van der Waals surface area contributed by atoms with Gasteiger partial charge in [-0.05, 0) is 42.0 Å². The summed E-state index contributed by atoms with van der Waals surface area (Å²) in [6.07, 6.45) is 3.53. The summed E-state index contributed by atoms with van der Waals surface area (Å²) in [4.78, 5) is 8.82. The van der Waals surface area contributed by atoms with Crippen molar-refractivity contribution in [2.45, 2.75) is 0 Å².